The molecule has 0 aromatic heterocycles. The highest BCUT2D eigenvalue weighted by molar-refractivity contribution is 5.18. The van der Waals surface area contributed by atoms with Crippen molar-refractivity contribution in [2.45, 2.75) is 98.0 Å². The van der Waals surface area contributed by atoms with E-state index < -0.39 is 0 Å². The topological polar surface area (TPSA) is 40.5 Å². The third kappa shape index (κ3) is 3.75. The lowest BCUT2D eigenvalue weighted by atomic mass is 9.46. The molecule has 0 amide bonds. The molecule has 0 spiro atoms. The Morgan fingerprint density at radius 1 is 0.931 bits per heavy atom. The van der Waals surface area contributed by atoms with E-state index in [1.54, 1.807) is 0 Å². The molecule has 2 heteroatoms. The summed E-state index contributed by atoms with van der Waals surface area (Å²) >= 11 is 0. The number of allylic oxidation sites excluding steroid dienone is 2. The predicted octanol–water partition coefficient (Wildman–Crippen LogP) is 6.22. The van der Waals surface area contributed by atoms with E-state index in [1.807, 2.05) is 0 Å². The quantitative estimate of drug-likeness (QED) is 0.518. The fraction of sp³-hybridized carbons (Fsp3) is 0.926. The molecule has 0 bridgehead atoms. The molecule has 0 aromatic rings. The Balaban J connectivity index is 1.46. The molecule has 5 unspecified atom stereocenters. The average Bonchev–Trinajstić information content (AvgIpc) is 3.05. The van der Waals surface area contributed by atoms with E-state index in [-0.39, 0.29) is 6.10 Å². The Bertz CT molecular complexity index is 599. The first kappa shape index (κ1) is 21.9. The summed E-state index contributed by atoms with van der Waals surface area (Å²) in [7, 11) is 0. The van der Waals surface area contributed by atoms with Crippen molar-refractivity contribution in [2.24, 2.45) is 52.3 Å². The number of rotatable bonds is 6. The molecular formula is C27H46O2. The van der Waals surface area contributed by atoms with Gasteiger partial charge in [-0.15, -0.1) is 0 Å². The molecule has 4 aliphatic carbocycles. The summed E-state index contributed by atoms with van der Waals surface area (Å²) in [5.41, 5.74) is 0.939. The summed E-state index contributed by atoms with van der Waals surface area (Å²) in [4.78, 5) is 0. The van der Waals surface area contributed by atoms with Crippen molar-refractivity contribution in [2.75, 3.05) is 6.61 Å². The lowest BCUT2D eigenvalue weighted by Crippen LogP contribution is -2.52. The van der Waals surface area contributed by atoms with Crippen LogP contribution in [-0.2, 0) is 0 Å². The summed E-state index contributed by atoms with van der Waals surface area (Å²) < 4.78 is 0. The first-order chi connectivity index (χ1) is 13.8. The molecule has 166 valence electrons. The van der Waals surface area contributed by atoms with Gasteiger partial charge in [0.2, 0.25) is 0 Å². The Labute approximate surface area is 179 Å². The number of fused-ring (bicyclic) bond motifs is 5. The Morgan fingerprint density at radius 2 is 1.66 bits per heavy atom. The molecule has 29 heavy (non-hydrogen) atoms. The Morgan fingerprint density at radius 3 is 2.41 bits per heavy atom. The van der Waals surface area contributed by atoms with Gasteiger partial charge in [-0.25, -0.2) is 0 Å². The number of aliphatic hydroxyl groups excluding tert-OH is 2. The predicted molar refractivity (Wildman–Crippen MR) is 120 cm³/mol. The number of hydrogen-bond acceptors (Lipinski definition) is 2. The zero-order chi connectivity index (χ0) is 20.8. The van der Waals surface area contributed by atoms with Crippen LogP contribution in [0.3, 0.4) is 0 Å². The normalized spacial score (nSPS) is 48.5. The molecule has 0 aromatic carbocycles. The molecule has 2 N–H and O–H groups in total. The van der Waals surface area contributed by atoms with Gasteiger partial charge in [0.1, 0.15) is 0 Å². The van der Waals surface area contributed by atoms with Crippen LogP contribution in [0.2, 0.25) is 0 Å². The molecule has 10 atom stereocenters. The second-order valence-electron chi connectivity index (χ2n) is 12.1. The standard InChI is InChI=1S/C27H46O2/c1-18(17-28)6-5-7-19(2)23-10-11-24-22-9-8-20-16-21(29)12-14-26(20,3)25(22)13-15-27(23,24)4/h8-9,18-25,28-29H,5-7,10-17H2,1-4H3/t18?,19-,20+,21+,22?,23?,24?,25?,26+,27-/m1/s1. The van der Waals surface area contributed by atoms with Crippen molar-refractivity contribution in [3.05, 3.63) is 12.2 Å². The van der Waals surface area contributed by atoms with Crippen molar-refractivity contribution in [1.29, 1.82) is 0 Å². The minimum Gasteiger partial charge on any atom is -0.396 e. The van der Waals surface area contributed by atoms with Crippen LogP contribution in [0.4, 0.5) is 0 Å². The van der Waals surface area contributed by atoms with Gasteiger partial charge in [-0.1, -0.05) is 52.7 Å². The van der Waals surface area contributed by atoms with E-state index in [4.69, 9.17) is 0 Å². The van der Waals surface area contributed by atoms with Gasteiger partial charge in [0, 0.05) is 6.61 Å². The lowest BCUT2D eigenvalue weighted by molar-refractivity contribution is -0.0813. The molecule has 2 nitrogen and oxygen atoms in total. The second-order valence-corrected chi connectivity index (χ2v) is 12.1. The van der Waals surface area contributed by atoms with Crippen LogP contribution < -0.4 is 0 Å². The van der Waals surface area contributed by atoms with Crippen LogP contribution in [0.5, 0.6) is 0 Å². The maximum atomic E-state index is 10.2. The highest BCUT2D eigenvalue weighted by atomic mass is 16.3. The molecule has 0 aliphatic heterocycles. The van der Waals surface area contributed by atoms with Crippen LogP contribution >= 0.6 is 0 Å². The minimum absolute atomic E-state index is 0.0756. The second kappa shape index (κ2) is 8.30. The van der Waals surface area contributed by atoms with Gasteiger partial charge < -0.3 is 10.2 Å². The third-order valence-electron chi connectivity index (χ3n) is 10.6. The molecular weight excluding hydrogens is 356 g/mol. The third-order valence-corrected chi connectivity index (χ3v) is 10.6. The first-order valence-corrected chi connectivity index (χ1v) is 12.8. The summed E-state index contributed by atoms with van der Waals surface area (Å²) in [5, 5.41) is 19.5. The Hall–Kier alpha value is -0.340. The van der Waals surface area contributed by atoms with Crippen molar-refractivity contribution >= 4 is 0 Å². The molecule has 3 saturated carbocycles. The highest BCUT2D eigenvalue weighted by Gasteiger charge is 2.59. The lowest BCUT2D eigenvalue weighted by Gasteiger charge is -2.59. The largest absolute Gasteiger partial charge is 0.396 e. The molecule has 0 saturated heterocycles. The number of aliphatic hydroxyl groups is 2. The number of hydrogen-bond donors (Lipinski definition) is 2. The van der Waals surface area contributed by atoms with Crippen molar-refractivity contribution < 1.29 is 10.2 Å². The van der Waals surface area contributed by atoms with E-state index >= 15 is 0 Å². The molecule has 4 aliphatic rings. The van der Waals surface area contributed by atoms with Gasteiger partial charge >= 0.3 is 0 Å². The van der Waals surface area contributed by atoms with Gasteiger partial charge in [-0.05, 0) is 104 Å². The smallest absolute Gasteiger partial charge is 0.0546 e. The van der Waals surface area contributed by atoms with Crippen LogP contribution in [0.1, 0.15) is 91.9 Å². The van der Waals surface area contributed by atoms with Crippen LogP contribution in [0.25, 0.3) is 0 Å². The Kier molecular flexibility index (Phi) is 6.26. The van der Waals surface area contributed by atoms with Gasteiger partial charge in [0.15, 0.2) is 0 Å². The van der Waals surface area contributed by atoms with Crippen LogP contribution in [-0.4, -0.2) is 22.9 Å². The maximum Gasteiger partial charge on any atom is 0.0546 e. The van der Waals surface area contributed by atoms with Gasteiger partial charge in [0.05, 0.1) is 6.10 Å². The molecule has 0 heterocycles. The van der Waals surface area contributed by atoms with E-state index in [0.29, 0.717) is 29.3 Å². The fourth-order valence-corrected chi connectivity index (χ4v) is 8.65. The first-order valence-electron chi connectivity index (χ1n) is 12.8. The minimum atomic E-state index is -0.0756. The van der Waals surface area contributed by atoms with E-state index in [9.17, 15) is 10.2 Å². The summed E-state index contributed by atoms with van der Waals surface area (Å²) in [6, 6.07) is 0. The van der Waals surface area contributed by atoms with Crippen molar-refractivity contribution in [3.8, 4) is 0 Å². The maximum absolute atomic E-state index is 10.2. The molecule has 0 radical (unpaired) electrons. The highest BCUT2D eigenvalue weighted by Crippen LogP contribution is 2.67. The fourth-order valence-electron chi connectivity index (χ4n) is 8.65. The summed E-state index contributed by atoms with van der Waals surface area (Å²) in [5.74, 6) is 5.23. The van der Waals surface area contributed by atoms with Gasteiger partial charge in [-0.2, -0.15) is 0 Å². The molecule has 3 fully saturated rings. The molecule has 4 rings (SSSR count). The van der Waals surface area contributed by atoms with Crippen molar-refractivity contribution in [1.82, 2.24) is 0 Å². The van der Waals surface area contributed by atoms with E-state index in [2.05, 4.69) is 39.8 Å². The van der Waals surface area contributed by atoms with Crippen LogP contribution in [0.15, 0.2) is 12.2 Å². The monoisotopic (exact) mass is 402 g/mol. The van der Waals surface area contributed by atoms with E-state index in [1.165, 1.54) is 51.4 Å². The zero-order valence-corrected chi connectivity index (χ0v) is 19.4. The van der Waals surface area contributed by atoms with Gasteiger partial charge in [0.25, 0.3) is 0 Å². The zero-order valence-electron chi connectivity index (χ0n) is 19.4. The van der Waals surface area contributed by atoms with Gasteiger partial charge in [-0.3, -0.25) is 0 Å². The van der Waals surface area contributed by atoms with E-state index in [0.717, 1.165) is 42.4 Å². The average molecular weight is 403 g/mol. The van der Waals surface area contributed by atoms with Crippen LogP contribution in [0, 0.1) is 52.3 Å². The van der Waals surface area contributed by atoms with Crippen molar-refractivity contribution in [3.63, 3.8) is 0 Å². The summed E-state index contributed by atoms with van der Waals surface area (Å²) in [6.45, 7) is 10.2. The SMILES string of the molecule is CC(CO)CCC[C@@H](C)C1CCC2C3C=C[C@H]4C[C@@H](O)CC[C@]4(C)C3CC[C@@]21C. The summed E-state index contributed by atoms with van der Waals surface area (Å²) in [6.07, 6.45) is 17.7.